The Morgan fingerprint density at radius 2 is 2.00 bits per heavy atom. The van der Waals surface area contributed by atoms with Crippen molar-refractivity contribution in [2.75, 3.05) is 26.2 Å². The summed E-state index contributed by atoms with van der Waals surface area (Å²) < 4.78 is 5.80. The zero-order valence-electron chi connectivity index (χ0n) is 12.8. The minimum absolute atomic E-state index is 0.0831. The molecule has 0 amide bonds. The molecule has 1 aliphatic rings. The molecule has 1 heterocycles. The predicted molar refractivity (Wildman–Crippen MR) is 80.5 cm³/mol. The number of carbonyl (C=O) groups is 1. The monoisotopic (exact) mass is 276 g/mol. The lowest BCUT2D eigenvalue weighted by molar-refractivity contribution is -0.912. The van der Waals surface area contributed by atoms with Crippen LogP contribution in [0, 0.1) is 11.8 Å². The molecular formula is C17H26NO2+. The number of ketones is 1. The topological polar surface area (TPSA) is 30.7 Å². The standard InChI is InChI=1S/C17H25NO2/c1-13-9-14(2)12-18(11-13)7-8-20-17-6-4-5-16(10-17)15(3)19/h4-6,10,13-14H,7-9,11-12H2,1-3H3/p+1/t13-,14+. The predicted octanol–water partition coefficient (Wildman–Crippen LogP) is 1.83. The highest BCUT2D eigenvalue weighted by atomic mass is 16.5. The first kappa shape index (κ1) is 15.0. The third kappa shape index (κ3) is 4.34. The van der Waals surface area contributed by atoms with E-state index in [1.54, 1.807) is 11.8 Å². The second kappa shape index (κ2) is 6.89. The van der Waals surface area contributed by atoms with E-state index < -0.39 is 0 Å². The van der Waals surface area contributed by atoms with Gasteiger partial charge in [-0.05, 0) is 25.5 Å². The van der Waals surface area contributed by atoms with Crippen LogP contribution in [-0.4, -0.2) is 32.0 Å². The third-order valence-electron chi connectivity index (χ3n) is 4.04. The summed E-state index contributed by atoms with van der Waals surface area (Å²) in [4.78, 5) is 13.0. The summed E-state index contributed by atoms with van der Waals surface area (Å²) in [7, 11) is 0. The van der Waals surface area contributed by atoms with Crippen molar-refractivity contribution in [3.8, 4) is 5.75 Å². The molecule has 0 aliphatic carbocycles. The van der Waals surface area contributed by atoms with Crippen LogP contribution < -0.4 is 9.64 Å². The molecule has 1 aliphatic heterocycles. The average Bonchev–Trinajstić information content (AvgIpc) is 2.38. The Bertz CT molecular complexity index is 448. The quantitative estimate of drug-likeness (QED) is 0.832. The highest BCUT2D eigenvalue weighted by Gasteiger charge is 2.24. The summed E-state index contributed by atoms with van der Waals surface area (Å²) in [6.45, 7) is 10.5. The molecule has 20 heavy (non-hydrogen) atoms. The van der Waals surface area contributed by atoms with Crippen LogP contribution in [0.2, 0.25) is 0 Å². The molecule has 0 radical (unpaired) electrons. The van der Waals surface area contributed by atoms with Gasteiger partial charge in [-0.15, -0.1) is 0 Å². The molecule has 3 nitrogen and oxygen atoms in total. The molecule has 1 aromatic carbocycles. The lowest BCUT2D eigenvalue weighted by Crippen LogP contribution is -3.14. The first-order valence-electron chi connectivity index (χ1n) is 7.62. The number of Topliss-reactive ketones (excluding diaryl/α,β-unsaturated/α-hetero) is 1. The minimum atomic E-state index is 0.0831. The largest absolute Gasteiger partial charge is 0.488 e. The van der Waals surface area contributed by atoms with Gasteiger partial charge in [0.15, 0.2) is 5.78 Å². The van der Waals surface area contributed by atoms with Crippen LogP contribution >= 0.6 is 0 Å². The van der Waals surface area contributed by atoms with Gasteiger partial charge in [0, 0.05) is 17.4 Å². The van der Waals surface area contributed by atoms with E-state index in [-0.39, 0.29) is 5.78 Å². The fourth-order valence-corrected chi connectivity index (χ4v) is 3.24. The number of benzene rings is 1. The van der Waals surface area contributed by atoms with Gasteiger partial charge < -0.3 is 9.64 Å². The highest BCUT2D eigenvalue weighted by Crippen LogP contribution is 2.14. The molecular weight excluding hydrogens is 250 g/mol. The van der Waals surface area contributed by atoms with Crippen molar-refractivity contribution in [3.63, 3.8) is 0 Å². The smallest absolute Gasteiger partial charge is 0.159 e. The van der Waals surface area contributed by atoms with Gasteiger partial charge in [-0.1, -0.05) is 26.0 Å². The van der Waals surface area contributed by atoms with Gasteiger partial charge in [-0.25, -0.2) is 0 Å². The van der Waals surface area contributed by atoms with E-state index in [0.717, 1.165) is 36.3 Å². The molecule has 0 saturated carbocycles. The Kier molecular flexibility index (Phi) is 5.18. The summed E-state index contributed by atoms with van der Waals surface area (Å²) >= 11 is 0. The van der Waals surface area contributed by atoms with E-state index in [9.17, 15) is 4.79 Å². The maximum absolute atomic E-state index is 11.3. The molecule has 1 fully saturated rings. The molecule has 0 aromatic heterocycles. The van der Waals surface area contributed by atoms with Crippen LogP contribution in [0.4, 0.5) is 0 Å². The van der Waals surface area contributed by atoms with Gasteiger partial charge in [0.2, 0.25) is 0 Å². The number of nitrogens with one attached hydrogen (secondary N) is 1. The van der Waals surface area contributed by atoms with Gasteiger partial charge >= 0.3 is 0 Å². The van der Waals surface area contributed by atoms with E-state index in [2.05, 4.69) is 13.8 Å². The molecule has 1 saturated heterocycles. The van der Waals surface area contributed by atoms with Gasteiger partial charge in [-0.2, -0.15) is 0 Å². The molecule has 110 valence electrons. The summed E-state index contributed by atoms with van der Waals surface area (Å²) in [6, 6.07) is 7.46. The number of hydrogen-bond donors (Lipinski definition) is 1. The van der Waals surface area contributed by atoms with Gasteiger partial charge in [0.25, 0.3) is 0 Å². The first-order valence-corrected chi connectivity index (χ1v) is 7.62. The zero-order chi connectivity index (χ0) is 14.5. The van der Waals surface area contributed by atoms with E-state index in [1.807, 2.05) is 24.3 Å². The lowest BCUT2D eigenvalue weighted by atomic mass is 9.92. The second-order valence-corrected chi connectivity index (χ2v) is 6.29. The number of hydrogen-bond acceptors (Lipinski definition) is 2. The van der Waals surface area contributed by atoms with Gasteiger partial charge in [0.05, 0.1) is 13.1 Å². The van der Waals surface area contributed by atoms with E-state index in [0.29, 0.717) is 0 Å². The number of carbonyl (C=O) groups excluding carboxylic acids is 1. The lowest BCUT2D eigenvalue weighted by Gasteiger charge is -2.31. The molecule has 1 N–H and O–H groups in total. The van der Waals surface area contributed by atoms with Crippen LogP contribution in [0.1, 0.15) is 37.6 Å². The van der Waals surface area contributed by atoms with Crippen molar-refractivity contribution < 1.29 is 14.4 Å². The van der Waals surface area contributed by atoms with Crippen molar-refractivity contribution >= 4 is 5.78 Å². The Hall–Kier alpha value is -1.35. The molecule has 1 unspecified atom stereocenters. The Morgan fingerprint density at radius 1 is 1.30 bits per heavy atom. The first-order chi connectivity index (χ1) is 9.54. The minimum Gasteiger partial charge on any atom is -0.488 e. The van der Waals surface area contributed by atoms with Crippen molar-refractivity contribution in [1.29, 1.82) is 0 Å². The van der Waals surface area contributed by atoms with Crippen LogP contribution in [0.3, 0.4) is 0 Å². The van der Waals surface area contributed by atoms with Crippen molar-refractivity contribution in [2.45, 2.75) is 27.2 Å². The third-order valence-corrected chi connectivity index (χ3v) is 4.04. The number of rotatable bonds is 5. The zero-order valence-corrected chi connectivity index (χ0v) is 12.8. The number of ether oxygens (including phenoxy) is 1. The Labute approximate surface area is 121 Å². The SMILES string of the molecule is CC(=O)c1cccc(OCC[NH+]2C[C@H](C)C[C@H](C)C2)c1. The van der Waals surface area contributed by atoms with Gasteiger partial charge in [-0.3, -0.25) is 4.79 Å². The normalized spacial score (nSPS) is 26.2. The fourth-order valence-electron chi connectivity index (χ4n) is 3.24. The van der Waals surface area contributed by atoms with Crippen LogP contribution in [0.5, 0.6) is 5.75 Å². The molecule has 1 aromatic rings. The van der Waals surface area contributed by atoms with E-state index in [4.69, 9.17) is 4.74 Å². The fraction of sp³-hybridized carbons (Fsp3) is 0.588. The van der Waals surface area contributed by atoms with Gasteiger partial charge in [0.1, 0.15) is 18.9 Å². The van der Waals surface area contributed by atoms with Crippen LogP contribution in [0.25, 0.3) is 0 Å². The van der Waals surface area contributed by atoms with E-state index in [1.165, 1.54) is 19.5 Å². The molecule has 3 atom stereocenters. The maximum Gasteiger partial charge on any atom is 0.159 e. The van der Waals surface area contributed by atoms with Crippen molar-refractivity contribution in [2.24, 2.45) is 11.8 Å². The Morgan fingerprint density at radius 3 is 2.65 bits per heavy atom. The Balaban J connectivity index is 1.81. The average molecular weight is 276 g/mol. The number of piperidine rings is 1. The van der Waals surface area contributed by atoms with E-state index >= 15 is 0 Å². The number of likely N-dealkylation sites (tertiary alicyclic amines) is 1. The molecule has 0 bridgehead atoms. The summed E-state index contributed by atoms with van der Waals surface area (Å²) in [6.07, 6.45) is 1.35. The molecule has 0 spiro atoms. The highest BCUT2D eigenvalue weighted by molar-refractivity contribution is 5.94. The molecule has 2 rings (SSSR count). The molecule has 3 heteroatoms. The summed E-state index contributed by atoms with van der Waals surface area (Å²) in [5.41, 5.74) is 0.718. The maximum atomic E-state index is 11.3. The van der Waals surface area contributed by atoms with Crippen molar-refractivity contribution in [1.82, 2.24) is 0 Å². The van der Waals surface area contributed by atoms with Crippen molar-refractivity contribution in [3.05, 3.63) is 29.8 Å². The summed E-state index contributed by atoms with van der Waals surface area (Å²) in [5, 5.41) is 0. The summed E-state index contributed by atoms with van der Waals surface area (Å²) in [5.74, 6) is 2.51. The number of quaternary nitrogens is 1. The second-order valence-electron chi connectivity index (χ2n) is 6.29. The van der Waals surface area contributed by atoms with Crippen LogP contribution in [-0.2, 0) is 0 Å². The van der Waals surface area contributed by atoms with Crippen LogP contribution in [0.15, 0.2) is 24.3 Å².